The zero-order chi connectivity index (χ0) is 12.3. The Bertz CT molecular complexity index is 379. The maximum atomic E-state index is 9.44. The molecular formula is C13H20Br2N2O. The van der Waals surface area contributed by atoms with Crippen molar-refractivity contribution in [2.24, 2.45) is 0 Å². The van der Waals surface area contributed by atoms with Crippen molar-refractivity contribution in [1.29, 1.82) is 0 Å². The van der Waals surface area contributed by atoms with Gasteiger partial charge in [-0.05, 0) is 49.4 Å². The summed E-state index contributed by atoms with van der Waals surface area (Å²) < 4.78 is 1.06. The fraction of sp³-hybridized carbons (Fsp3) is 0.538. The van der Waals surface area contributed by atoms with Crippen molar-refractivity contribution >= 4 is 38.6 Å². The normalized spacial score (nSPS) is 23.4. The minimum Gasteiger partial charge on any atom is -0.398 e. The first kappa shape index (κ1) is 16.0. The lowest BCUT2D eigenvalue weighted by molar-refractivity contribution is 0.116. The van der Waals surface area contributed by atoms with Crippen LogP contribution in [0.3, 0.4) is 0 Å². The Hall–Kier alpha value is -0.100. The van der Waals surface area contributed by atoms with E-state index < -0.39 is 0 Å². The molecule has 0 aliphatic heterocycles. The summed E-state index contributed by atoms with van der Waals surface area (Å²) >= 11 is 3.45. The van der Waals surface area contributed by atoms with Gasteiger partial charge in [0.15, 0.2) is 0 Å². The molecule has 0 spiro atoms. The van der Waals surface area contributed by atoms with Crippen LogP contribution in [0.4, 0.5) is 5.69 Å². The van der Waals surface area contributed by atoms with Crippen LogP contribution < -0.4 is 11.1 Å². The van der Waals surface area contributed by atoms with Crippen LogP contribution in [0.2, 0.25) is 0 Å². The zero-order valence-corrected chi connectivity index (χ0v) is 13.5. The maximum absolute atomic E-state index is 9.44. The van der Waals surface area contributed by atoms with Crippen LogP contribution in [-0.4, -0.2) is 17.3 Å². The Morgan fingerprint density at radius 1 is 1.28 bits per heavy atom. The summed E-state index contributed by atoms with van der Waals surface area (Å²) in [6.07, 6.45) is 3.82. The smallest absolute Gasteiger partial charge is 0.0541 e. The van der Waals surface area contributed by atoms with E-state index >= 15 is 0 Å². The van der Waals surface area contributed by atoms with Crippen LogP contribution in [0.1, 0.15) is 31.2 Å². The number of nitrogens with two attached hydrogens (primary N) is 1. The lowest BCUT2D eigenvalue weighted by atomic mass is 9.93. The van der Waals surface area contributed by atoms with Gasteiger partial charge in [-0.1, -0.05) is 15.9 Å². The first-order valence-corrected chi connectivity index (χ1v) is 6.90. The Balaban J connectivity index is 0.00000162. The third-order valence-electron chi connectivity index (χ3n) is 3.38. The summed E-state index contributed by atoms with van der Waals surface area (Å²) in [4.78, 5) is 0. The average molecular weight is 380 g/mol. The van der Waals surface area contributed by atoms with Gasteiger partial charge in [-0.2, -0.15) is 0 Å². The number of benzene rings is 1. The van der Waals surface area contributed by atoms with Gasteiger partial charge in [-0.25, -0.2) is 0 Å². The van der Waals surface area contributed by atoms with E-state index in [1.165, 1.54) is 0 Å². The van der Waals surface area contributed by atoms with Gasteiger partial charge in [0.2, 0.25) is 0 Å². The second-order valence-electron chi connectivity index (χ2n) is 4.73. The number of hydrogen-bond acceptors (Lipinski definition) is 3. The van der Waals surface area contributed by atoms with Crippen molar-refractivity contribution in [1.82, 2.24) is 5.32 Å². The monoisotopic (exact) mass is 378 g/mol. The van der Waals surface area contributed by atoms with Crippen LogP contribution in [0.15, 0.2) is 22.7 Å². The van der Waals surface area contributed by atoms with Gasteiger partial charge in [-0.3, -0.25) is 0 Å². The zero-order valence-electron chi connectivity index (χ0n) is 10.2. The van der Waals surface area contributed by atoms with Crippen LogP contribution >= 0.6 is 32.9 Å². The van der Waals surface area contributed by atoms with Gasteiger partial charge in [0, 0.05) is 22.7 Å². The minimum atomic E-state index is -0.0935. The minimum absolute atomic E-state index is 0. The molecule has 0 aromatic heterocycles. The van der Waals surface area contributed by atoms with E-state index in [0.29, 0.717) is 6.04 Å². The number of nitrogens with one attached hydrogen (secondary N) is 1. The third-order valence-corrected chi connectivity index (χ3v) is 3.88. The molecule has 0 heterocycles. The molecule has 18 heavy (non-hydrogen) atoms. The Kier molecular flexibility index (Phi) is 6.63. The van der Waals surface area contributed by atoms with Crippen molar-refractivity contribution in [2.45, 2.75) is 44.4 Å². The number of hydrogen-bond donors (Lipinski definition) is 3. The Morgan fingerprint density at radius 2 is 1.94 bits per heavy atom. The highest BCUT2D eigenvalue weighted by Gasteiger charge is 2.18. The number of nitrogen functional groups attached to an aromatic ring is 1. The number of anilines is 1. The van der Waals surface area contributed by atoms with Gasteiger partial charge >= 0.3 is 0 Å². The Morgan fingerprint density at radius 3 is 2.61 bits per heavy atom. The number of aliphatic hydroxyl groups is 1. The first-order chi connectivity index (χ1) is 8.15. The molecule has 0 atom stereocenters. The molecule has 102 valence electrons. The molecule has 1 aliphatic rings. The first-order valence-electron chi connectivity index (χ1n) is 6.10. The van der Waals surface area contributed by atoms with Gasteiger partial charge in [0.05, 0.1) is 6.10 Å². The highest BCUT2D eigenvalue weighted by molar-refractivity contribution is 9.10. The average Bonchev–Trinajstić information content (AvgIpc) is 2.32. The quantitative estimate of drug-likeness (QED) is 0.707. The molecule has 0 saturated heterocycles. The van der Waals surface area contributed by atoms with E-state index in [1.54, 1.807) is 0 Å². The molecule has 1 aliphatic carbocycles. The van der Waals surface area contributed by atoms with Crippen molar-refractivity contribution in [3.8, 4) is 0 Å². The molecule has 1 aromatic carbocycles. The van der Waals surface area contributed by atoms with Gasteiger partial charge in [-0.15, -0.1) is 17.0 Å². The molecule has 1 saturated carbocycles. The number of rotatable bonds is 3. The molecule has 0 amide bonds. The topological polar surface area (TPSA) is 58.3 Å². The van der Waals surface area contributed by atoms with E-state index in [2.05, 4.69) is 27.3 Å². The predicted molar refractivity (Wildman–Crippen MR) is 84.0 cm³/mol. The molecule has 5 heteroatoms. The number of aliphatic hydroxyl groups excluding tert-OH is 1. The van der Waals surface area contributed by atoms with E-state index in [0.717, 1.165) is 48.0 Å². The summed E-state index contributed by atoms with van der Waals surface area (Å²) in [7, 11) is 0. The van der Waals surface area contributed by atoms with Crippen molar-refractivity contribution in [3.63, 3.8) is 0 Å². The van der Waals surface area contributed by atoms with Crippen LogP contribution in [0.25, 0.3) is 0 Å². The Labute approximate surface area is 127 Å². The molecule has 1 aromatic rings. The van der Waals surface area contributed by atoms with Crippen LogP contribution in [-0.2, 0) is 6.54 Å². The standard InChI is InChI=1S/C13H19BrN2O.BrH/c14-10-1-6-13(15)9(7-10)8-16-11-2-4-12(17)5-3-11;/h1,6-7,11-12,16-17H,2-5,8,15H2;1H. The SMILES string of the molecule is Br.Nc1ccc(Br)cc1CNC1CCC(O)CC1. The maximum Gasteiger partial charge on any atom is 0.0541 e. The molecule has 0 bridgehead atoms. The number of halogens is 2. The second kappa shape index (κ2) is 7.48. The summed E-state index contributed by atoms with van der Waals surface area (Å²) in [5.41, 5.74) is 7.89. The third kappa shape index (κ3) is 4.53. The molecule has 0 unspecified atom stereocenters. The highest BCUT2D eigenvalue weighted by Crippen LogP contribution is 2.21. The van der Waals surface area contributed by atoms with Gasteiger partial charge < -0.3 is 16.2 Å². The fourth-order valence-electron chi connectivity index (χ4n) is 2.26. The fourth-order valence-corrected chi connectivity index (χ4v) is 2.67. The largest absolute Gasteiger partial charge is 0.398 e. The summed E-state index contributed by atoms with van der Waals surface area (Å²) in [5, 5.41) is 13.0. The van der Waals surface area contributed by atoms with Crippen molar-refractivity contribution in [3.05, 3.63) is 28.2 Å². The molecule has 3 nitrogen and oxygen atoms in total. The van der Waals surface area contributed by atoms with E-state index in [-0.39, 0.29) is 23.1 Å². The highest BCUT2D eigenvalue weighted by atomic mass is 79.9. The van der Waals surface area contributed by atoms with Crippen molar-refractivity contribution < 1.29 is 5.11 Å². The second-order valence-corrected chi connectivity index (χ2v) is 5.65. The lowest BCUT2D eigenvalue weighted by Gasteiger charge is -2.26. The molecule has 1 fully saturated rings. The summed E-state index contributed by atoms with van der Waals surface area (Å²) in [6.45, 7) is 0.798. The predicted octanol–water partition coefficient (Wildman–Crippen LogP) is 3.00. The van der Waals surface area contributed by atoms with Crippen LogP contribution in [0.5, 0.6) is 0 Å². The molecule has 2 rings (SSSR count). The van der Waals surface area contributed by atoms with E-state index in [9.17, 15) is 5.11 Å². The molecule has 4 N–H and O–H groups in total. The van der Waals surface area contributed by atoms with Crippen molar-refractivity contribution in [2.75, 3.05) is 5.73 Å². The molecule has 0 radical (unpaired) electrons. The van der Waals surface area contributed by atoms with Gasteiger partial charge in [0.1, 0.15) is 0 Å². The summed E-state index contributed by atoms with van der Waals surface area (Å²) in [5.74, 6) is 0. The van der Waals surface area contributed by atoms with E-state index in [4.69, 9.17) is 5.73 Å². The van der Waals surface area contributed by atoms with E-state index in [1.807, 2.05) is 12.1 Å². The lowest BCUT2D eigenvalue weighted by Crippen LogP contribution is -2.34. The molecular weight excluding hydrogens is 360 g/mol. The van der Waals surface area contributed by atoms with Gasteiger partial charge in [0.25, 0.3) is 0 Å². The summed E-state index contributed by atoms with van der Waals surface area (Å²) in [6, 6.07) is 6.44. The van der Waals surface area contributed by atoms with Crippen LogP contribution in [0, 0.1) is 0 Å².